The number of Topliss-reactive ketones (excluding diaryl/α,β-unsaturated/α-hetero) is 1. The number of para-hydroxylation sites is 1. The Labute approximate surface area is 182 Å². The van der Waals surface area contributed by atoms with Gasteiger partial charge >= 0.3 is 0 Å². The fraction of sp³-hybridized carbons (Fsp3) is 0.417. The van der Waals surface area contributed by atoms with Crippen LogP contribution in [0.25, 0.3) is 0 Å². The number of hydrogen-bond acceptors (Lipinski definition) is 6. The number of fused-ring (bicyclic) bond motifs is 1. The maximum atomic E-state index is 13.4. The van der Waals surface area contributed by atoms with Crippen molar-refractivity contribution in [2.45, 2.75) is 31.3 Å². The number of likely N-dealkylation sites (tertiary alicyclic amines) is 1. The minimum absolute atomic E-state index is 0.302. The topological polar surface area (TPSA) is 79.3 Å². The normalized spacial score (nSPS) is 21.1. The van der Waals surface area contributed by atoms with E-state index in [9.17, 15) is 14.7 Å². The van der Waals surface area contributed by atoms with Gasteiger partial charge in [-0.3, -0.25) is 19.4 Å². The van der Waals surface area contributed by atoms with E-state index in [1.165, 1.54) is 20.6 Å². The van der Waals surface area contributed by atoms with E-state index in [-0.39, 0.29) is 12.2 Å². The summed E-state index contributed by atoms with van der Waals surface area (Å²) in [4.78, 5) is 30.4. The smallest absolute Gasteiger partial charge is 0.265 e. The number of hydrogen-bond donors (Lipinski definition) is 1. The van der Waals surface area contributed by atoms with Crippen LogP contribution >= 0.6 is 0 Å². The van der Waals surface area contributed by atoms with Crippen LogP contribution in [-0.2, 0) is 10.4 Å². The van der Waals surface area contributed by atoms with Crippen molar-refractivity contribution in [1.82, 2.24) is 4.90 Å². The van der Waals surface area contributed by atoms with Crippen molar-refractivity contribution in [3.63, 3.8) is 0 Å². The van der Waals surface area contributed by atoms with Crippen LogP contribution in [0.4, 0.5) is 5.69 Å². The number of amides is 1. The summed E-state index contributed by atoms with van der Waals surface area (Å²) in [5.41, 5.74) is -0.474. The van der Waals surface area contributed by atoms with E-state index in [1.54, 1.807) is 35.2 Å². The van der Waals surface area contributed by atoms with Gasteiger partial charge in [-0.15, -0.1) is 0 Å². The molecule has 1 amide bonds. The van der Waals surface area contributed by atoms with E-state index in [0.717, 1.165) is 25.9 Å². The third kappa shape index (κ3) is 3.91. The Balaban J connectivity index is 1.63. The number of ether oxygens (including phenoxy) is 2. The summed E-state index contributed by atoms with van der Waals surface area (Å²) >= 11 is 0. The number of anilines is 1. The predicted molar refractivity (Wildman–Crippen MR) is 117 cm³/mol. The average molecular weight is 424 g/mol. The maximum absolute atomic E-state index is 13.4. The van der Waals surface area contributed by atoms with Crippen molar-refractivity contribution in [3.8, 4) is 11.5 Å². The highest BCUT2D eigenvalue weighted by Gasteiger charge is 2.51. The molecule has 0 aromatic heterocycles. The lowest BCUT2D eigenvalue weighted by atomic mass is 9.88. The Morgan fingerprint density at radius 2 is 1.81 bits per heavy atom. The van der Waals surface area contributed by atoms with Gasteiger partial charge in [-0.25, -0.2) is 0 Å². The highest BCUT2D eigenvalue weighted by Crippen LogP contribution is 2.43. The van der Waals surface area contributed by atoms with Crippen molar-refractivity contribution in [1.29, 1.82) is 0 Å². The van der Waals surface area contributed by atoms with Crippen LogP contribution in [0, 0.1) is 0 Å². The zero-order chi connectivity index (χ0) is 22.0. The van der Waals surface area contributed by atoms with Crippen LogP contribution in [0.5, 0.6) is 11.5 Å². The minimum atomic E-state index is -1.91. The van der Waals surface area contributed by atoms with E-state index in [1.807, 2.05) is 12.1 Å². The number of methoxy groups -OCH3 is 2. The molecular formula is C24H28N2O5. The molecule has 0 saturated carbocycles. The first-order valence-electron chi connectivity index (χ1n) is 10.6. The van der Waals surface area contributed by atoms with Gasteiger partial charge in [0.25, 0.3) is 5.91 Å². The lowest BCUT2D eigenvalue weighted by Gasteiger charge is -2.31. The number of nitrogens with zero attached hydrogens (tertiary/aromatic N) is 2. The number of ketones is 1. The maximum Gasteiger partial charge on any atom is 0.265 e. The molecule has 2 aromatic rings. The van der Waals surface area contributed by atoms with Crippen LogP contribution in [0.3, 0.4) is 0 Å². The molecular weight excluding hydrogens is 396 g/mol. The molecule has 0 unspecified atom stereocenters. The highest BCUT2D eigenvalue weighted by molar-refractivity contribution is 6.11. The van der Waals surface area contributed by atoms with Gasteiger partial charge in [0.1, 0.15) is 11.5 Å². The quantitative estimate of drug-likeness (QED) is 0.689. The second kappa shape index (κ2) is 8.69. The van der Waals surface area contributed by atoms with Crippen LogP contribution in [0.15, 0.2) is 42.5 Å². The summed E-state index contributed by atoms with van der Waals surface area (Å²) in [5, 5.41) is 11.5. The van der Waals surface area contributed by atoms with Gasteiger partial charge in [-0.1, -0.05) is 24.6 Å². The van der Waals surface area contributed by atoms with E-state index in [2.05, 4.69) is 4.90 Å². The predicted octanol–water partition coefficient (Wildman–Crippen LogP) is 2.95. The molecule has 7 nitrogen and oxygen atoms in total. The largest absolute Gasteiger partial charge is 0.497 e. The summed E-state index contributed by atoms with van der Waals surface area (Å²) in [6.07, 6.45) is 3.04. The highest BCUT2D eigenvalue weighted by atomic mass is 16.5. The standard InChI is InChI=1S/C24H28N2O5/c1-30-17-10-11-18(22(14-17)31-2)21(27)15-24(29)19-8-4-5-9-20(19)26(23(24)28)16-25-12-6-3-7-13-25/h4-5,8-11,14,29H,3,6-7,12-13,15-16H2,1-2H3/t24-/m1/s1. The first kappa shape index (κ1) is 21.3. The summed E-state index contributed by atoms with van der Waals surface area (Å²) < 4.78 is 10.5. The summed E-state index contributed by atoms with van der Waals surface area (Å²) in [6, 6.07) is 12.0. The Bertz CT molecular complexity index is 986. The van der Waals surface area contributed by atoms with Crippen molar-refractivity contribution >= 4 is 17.4 Å². The minimum Gasteiger partial charge on any atom is -0.497 e. The zero-order valence-corrected chi connectivity index (χ0v) is 18.0. The summed E-state index contributed by atoms with van der Waals surface area (Å²) in [6.45, 7) is 2.26. The molecule has 1 fully saturated rings. The molecule has 0 aliphatic carbocycles. The fourth-order valence-corrected chi connectivity index (χ4v) is 4.48. The molecule has 7 heteroatoms. The third-order valence-electron chi connectivity index (χ3n) is 6.15. The zero-order valence-electron chi connectivity index (χ0n) is 18.0. The lowest BCUT2D eigenvalue weighted by molar-refractivity contribution is -0.136. The molecule has 31 heavy (non-hydrogen) atoms. The van der Waals surface area contributed by atoms with Crippen molar-refractivity contribution < 1.29 is 24.2 Å². The van der Waals surface area contributed by atoms with E-state index < -0.39 is 11.5 Å². The monoisotopic (exact) mass is 424 g/mol. The molecule has 2 aromatic carbocycles. The molecule has 2 aliphatic rings. The first-order valence-corrected chi connectivity index (χ1v) is 10.6. The second-order valence-electron chi connectivity index (χ2n) is 8.10. The third-order valence-corrected chi connectivity index (χ3v) is 6.15. The molecule has 4 rings (SSSR count). The van der Waals surface area contributed by atoms with Crippen molar-refractivity contribution in [3.05, 3.63) is 53.6 Å². The number of aliphatic hydroxyl groups is 1. The van der Waals surface area contributed by atoms with Gasteiger partial charge in [-0.2, -0.15) is 0 Å². The van der Waals surface area contributed by atoms with Gasteiger partial charge < -0.3 is 14.6 Å². The van der Waals surface area contributed by atoms with Gasteiger partial charge in [-0.05, 0) is 44.1 Å². The second-order valence-corrected chi connectivity index (χ2v) is 8.10. The van der Waals surface area contributed by atoms with E-state index in [4.69, 9.17) is 9.47 Å². The Kier molecular flexibility index (Phi) is 5.98. The van der Waals surface area contributed by atoms with Gasteiger partial charge in [0.15, 0.2) is 11.4 Å². The molecule has 1 N–H and O–H groups in total. The SMILES string of the molecule is COc1ccc(C(=O)C[C@]2(O)C(=O)N(CN3CCCCC3)c3ccccc32)c(OC)c1. The summed E-state index contributed by atoms with van der Waals surface area (Å²) in [5.74, 6) is 0.0732. The lowest BCUT2D eigenvalue weighted by Crippen LogP contribution is -2.47. The number of carbonyl (C=O) groups excluding carboxylic acids is 2. The molecule has 164 valence electrons. The van der Waals surface area contributed by atoms with Crippen LogP contribution in [0.1, 0.15) is 41.6 Å². The van der Waals surface area contributed by atoms with Gasteiger partial charge in [0.2, 0.25) is 0 Å². The molecule has 0 radical (unpaired) electrons. The molecule has 2 aliphatic heterocycles. The number of piperidine rings is 1. The summed E-state index contributed by atoms with van der Waals surface area (Å²) in [7, 11) is 3.00. The van der Waals surface area contributed by atoms with Gasteiger partial charge in [0, 0.05) is 11.6 Å². The molecule has 2 heterocycles. The number of benzene rings is 2. The first-order chi connectivity index (χ1) is 15.0. The van der Waals surface area contributed by atoms with E-state index in [0.29, 0.717) is 35.0 Å². The van der Waals surface area contributed by atoms with Crippen LogP contribution in [0.2, 0.25) is 0 Å². The van der Waals surface area contributed by atoms with Crippen molar-refractivity contribution in [2.24, 2.45) is 0 Å². The van der Waals surface area contributed by atoms with Crippen molar-refractivity contribution in [2.75, 3.05) is 38.9 Å². The van der Waals surface area contributed by atoms with Gasteiger partial charge in [0.05, 0.1) is 38.6 Å². The fourth-order valence-electron chi connectivity index (χ4n) is 4.48. The Morgan fingerprint density at radius 3 is 2.52 bits per heavy atom. The van der Waals surface area contributed by atoms with E-state index >= 15 is 0 Å². The van der Waals surface area contributed by atoms with Crippen LogP contribution in [-0.4, -0.2) is 55.7 Å². The molecule has 0 spiro atoms. The van der Waals surface area contributed by atoms with Crippen LogP contribution < -0.4 is 14.4 Å². The molecule has 0 bridgehead atoms. The Morgan fingerprint density at radius 1 is 1.06 bits per heavy atom. The number of carbonyl (C=O) groups is 2. The average Bonchev–Trinajstić information content (AvgIpc) is 3.01. The number of rotatable bonds is 7. The molecule has 1 saturated heterocycles. The molecule has 1 atom stereocenters. The Hall–Kier alpha value is -2.90.